The third-order valence-electron chi connectivity index (χ3n) is 3.66. The maximum absolute atomic E-state index is 9.79. The van der Waals surface area contributed by atoms with Gasteiger partial charge in [0.2, 0.25) is 0 Å². The Morgan fingerprint density at radius 3 is 2.53 bits per heavy atom. The van der Waals surface area contributed by atoms with E-state index in [2.05, 4.69) is 6.92 Å². The van der Waals surface area contributed by atoms with Crippen LogP contribution in [0.15, 0.2) is 0 Å². The third kappa shape index (κ3) is 3.67. The second kappa shape index (κ2) is 5.30. The fourth-order valence-electron chi connectivity index (χ4n) is 2.91. The van der Waals surface area contributed by atoms with Crippen molar-refractivity contribution >= 4 is 0 Å². The topological polar surface area (TPSA) is 57.2 Å². The monoisotopic (exact) mass is 276 g/mol. The Morgan fingerprint density at radius 2 is 2.05 bits per heavy atom. The number of hydrogen-bond donors (Lipinski definition) is 1. The van der Waals surface area contributed by atoms with E-state index < -0.39 is 11.6 Å². The highest BCUT2D eigenvalue weighted by Gasteiger charge is 2.47. The van der Waals surface area contributed by atoms with Crippen LogP contribution in [0.5, 0.6) is 0 Å². The predicted octanol–water partition coefficient (Wildman–Crippen LogP) is 1.92. The highest BCUT2D eigenvalue weighted by molar-refractivity contribution is 4.92. The molecule has 5 heteroatoms. The van der Waals surface area contributed by atoms with Gasteiger partial charge in [-0.25, -0.2) is 0 Å². The molecule has 0 aromatic carbocycles. The molecule has 0 bridgehead atoms. The van der Waals surface area contributed by atoms with E-state index in [0.29, 0.717) is 13.2 Å². The number of ether oxygens (including phenoxy) is 4. The molecule has 1 unspecified atom stereocenters. The van der Waals surface area contributed by atoms with Crippen molar-refractivity contribution in [1.29, 1.82) is 0 Å². The van der Waals surface area contributed by atoms with Gasteiger partial charge in [0.15, 0.2) is 11.6 Å². The van der Waals surface area contributed by atoms with E-state index in [4.69, 9.17) is 18.9 Å². The van der Waals surface area contributed by atoms with Crippen molar-refractivity contribution in [2.24, 2.45) is 5.92 Å². The molecule has 114 valence electrons. The molecule has 0 aliphatic carbocycles. The Balaban J connectivity index is 0.00000200. The Kier molecular flexibility index (Phi) is 4.23. The van der Waals surface area contributed by atoms with Gasteiger partial charge >= 0.3 is 0 Å². The van der Waals surface area contributed by atoms with E-state index in [1.807, 2.05) is 13.8 Å². The molecule has 0 aromatic rings. The Morgan fingerprint density at radius 1 is 1.37 bits per heavy atom. The zero-order valence-corrected chi connectivity index (χ0v) is 12.5. The van der Waals surface area contributed by atoms with E-state index >= 15 is 0 Å². The van der Waals surface area contributed by atoms with Gasteiger partial charge in [0.25, 0.3) is 0 Å². The minimum absolute atomic E-state index is 0. The minimum Gasteiger partial charge on any atom is -0.372 e. The summed E-state index contributed by atoms with van der Waals surface area (Å²) < 4.78 is 23.0. The first-order valence-electron chi connectivity index (χ1n) is 7.05. The van der Waals surface area contributed by atoms with Gasteiger partial charge in [-0.1, -0.05) is 6.92 Å². The molecule has 2 fully saturated rings. The first kappa shape index (κ1) is 15.2. The molecule has 2 saturated heterocycles. The molecule has 2 aliphatic heterocycles. The van der Waals surface area contributed by atoms with Crippen molar-refractivity contribution in [3.05, 3.63) is 0 Å². The second-order valence-corrected chi connectivity index (χ2v) is 6.34. The average molecular weight is 276 g/mol. The summed E-state index contributed by atoms with van der Waals surface area (Å²) in [5.41, 5.74) is 0. The molecule has 0 saturated carbocycles. The van der Waals surface area contributed by atoms with Crippen LogP contribution >= 0.6 is 0 Å². The minimum atomic E-state index is -1.14. The van der Waals surface area contributed by atoms with Crippen molar-refractivity contribution in [3.63, 3.8) is 0 Å². The molecule has 0 aromatic heterocycles. The van der Waals surface area contributed by atoms with Crippen LogP contribution in [0.1, 0.15) is 42.5 Å². The van der Waals surface area contributed by atoms with Gasteiger partial charge in [0, 0.05) is 7.34 Å². The molecule has 2 aliphatic rings. The molecule has 4 atom stereocenters. The molecule has 5 nitrogen and oxygen atoms in total. The SMILES string of the molecule is CC[C@H]1[C@@H](OC(C)(C)O)CO[C@@H]1C1COC(C)(C)O1.[HH]. The molecule has 2 heterocycles. The standard InChI is InChI=1S/C14H26O5.H2/c1-6-9-10(18-13(2,3)15)7-16-12(9)11-8-17-14(4,5)19-11;/h9-12,15H,6-8H2,1-5H3;1H/t9-,10-,11?,12-;/m0./s1. The van der Waals surface area contributed by atoms with Crippen LogP contribution < -0.4 is 0 Å². The summed E-state index contributed by atoms with van der Waals surface area (Å²) in [5, 5.41) is 9.79. The molecule has 0 amide bonds. The van der Waals surface area contributed by atoms with E-state index in [9.17, 15) is 5.11 Å². The summed E-state index contributed by atoms with van der Waals surface area (Å²) >= 11 is 0. The van der Waals surface area contributed by atoms with Crippen molar-refractivity contribution < 1.29 is 25.5 Å². The van der Waals surface area contributed by atoms with E-state index in [0.717, 1.165) is 6.42 Å². The Hall–Kier alpha value is -0.200. The summed E-state index contributed by atoms with van der Waals surface area (Å²) in [5.74, 6) is -1.46. The first-order chi connectivity index (χ1) is 8.72. The van der Waals surface area contributed by atoms with Crippen LogP contribution in [0.25, 0.3) is 0 Å². The number of rotatable bonds is 4. The van der Waals surface area contributed by atoms with Crippen LogP contribution in [-0.4, -0.2) is 48.2 Å². The summed E-state index contributed by atoms with van der Waals surface area (Å²) in [6, 6.07) is 0. The van der Waals surface area contributed by atoms with Crippen LogP contribution in [0.4, 0.5) is 0 Å². The highest BCUT2D eigenvalue weighted by Crippen LogP contribution is 2.36. The van der Waals surface area contributed by atoms with Crippen LogP contribution in [0, 0.1) is 5.92 Å². The van der Waals surface area contributed by atoms with E-state index in [1.165, 1.54) is 0 Å². The smallest absolute Gasteiger partial charge is 0.163 e. The van der Waals surface area contributed by atoms with Crippen LogP contribution in [-0.2, 0) is 18.9 Å². The fraction of sp³-hybridized carbons (Fsp3) is 1.00. The molecular formula is C14H28O5. The lowest BCUT2D eigenvalue weighted by molar-refractivity contribution is -0.212. The van der Waals surface area contributed by atoms with Gasteiger partial charge in [-0.15, -0.1) is 0 Å². The Bertz CT molecular complexity index is 315. The van der Waals surface area contributed by atoms with Gasteiger partial charge in [0.1, 0.15) is 6.10 Å². The highest BCUT2D eigenvalue weighted by atomic mass is 16.8. The van der Waals surface area contributed by atoms with Gasteiger partial charge in [0.05, 0.1) is 25.4 Å². The van der Waals surface area contributed by atoms with Crippen LogP contribution in [0.3, 0.4) is 0 Å². The zero-order valence-electron chi connectivity index (χ0n) is 12.5. The normalized spacial score (nSPS) is 38.8. The quantitative estimate of drug-likeness (QED) is 0.795. The van der Waals surface area contributed by atoms with Crippen molar-refractivity contribution in [1.82, 2.24) is 0 Å². The summed E-state index contributed by atoms with van der Waals surface area (Å²) in [6.45, 7) is 10.3. The summed E-state index contributed by atoms with van der Waals surface area (Å²) in [4.78, 5) is 0. The third-order valence-corrected chi connectivity index (χ3v) is 3.66. The number of aliphatic hydroxyl groups is 1. The molecule has 0 radical (unpaired) electrons. The molecule has 2 rings (SSSR count). The molecular weight excluding hydrogens is 248 g/mol. The van der Waals surface area contributed by atoms with Gasteiger partial charge < -0.3 is 24.1 Å². The molecule has 0 spiro atoms. The van der Waals surface area contributed by atoms with Gasteiger partial charge in [-0.2, -0.15) is 0 Å². The number of hydrogen-bond acceptors (Lipinski definition) is 5. The first-order valence-corrected chi connectivity index (χ1v) is 7.05. The molecule has 1 N–H and O–H groups in total. The average Bonchev–Trinajstić information content (AvgIpc) is 2.79. The summed E-state index contributed by atoms with van der Waals surface area (Å²) in [7, 11) is 0. The largest absolute Gasteiger partial charge is 0.372 e. The lowest BCUT2D eigenvalue weighted by Crippen LogP contribution is -2.40. The van der Waals surface area contributed by atoms with E-state index in [-0.39, 0.29) is 25.7 Å². The summed E-state index contributed by atoms with van der Waals surface area (Å²) in [6.07, 6.45) is 0.739. The lowest BCUT2D eigenvalue weighted by atomic mass is 9.92. The lowest BCUT2D eigenvalue weighted by Gasteiger charge is -2.29. The molecule has 19 heavy (non-hydrogen) atoms. The van der Waals surface area contributed by atoms with Crippen LogP contribution in [0.2, 0.25) is 0 Å². The Labute approximate surface area is 116 Å². The van der Waals surface area contributed by atoms with Crippen molar-refractivity contribution in [2.75, 3.05) is 13.2 Å². The van der Waals surface area contributed by atoms with E-state index in [1.54, 1.807) is 13.8 Å². The van der Waals surface area contributed by atoms with Crippen molar-refractivity contribution in [2.45, 2.75) is 70.9 Å². The zero-order chi connectivity index (χ0) is 14.3. The maximum atomic E-state index is 9.79. The maximum Gasteiger partial charge on any atom is 0.163 e. The predicted molar refractivity (Wildman–Crippen MR) is 71.7 cm³/mol. The second-order valence-electron chi connectivity index (χ2n) is 6.34. The van der Waals surface area contributed by atoms with Crippen molar-refractivity contribution in [3.8, 4) is 0 Å². The fourth-order valence-corrected chi connectivity index (χ4v) is 2.91. The van der Waals surface area contributed by atoms with Gasteiger partial charge in [-0.05, 0) is 34.1 Å². The van der Waals surface area contributed by atoms with Gasteiger partial charge in [-0.3, -0.25) is 0 Å².